The summed E-state index contributed by atoms with van der Waals surface area (Å²) in [6.07, 6.45) is 2.44. The molecule has 2 aromatic rings. The molecule has 0 aromatic carbocycles. The summed E-state index contributed by atoms with van der Waals surface area (Å²) in [4.78, 5) is 4.37. The molecule has 88 valence electrons. The molecule has 0 spiro atoms. The molecular formula is C10H11N5OS. The molecule has 0 radical (unpaired) electrons. The van der Waals surface area contributed by atoms with Gasteiger partial charge in [-0.25, -0.2) is 0 Å². The number of nitrogens with one attached hydrogen (secondary N) is 1. The van der Waals surface area contributed by atoms with Gasteiger partial charge in [-0.3, -0.25) is 0 Å². The van der Waals surface area contributed by atoms with Gasteiger partial charge in [-0.05, 0) is 18.9 Å². The van der Waals surface area contributed by atoms with E-state index in [9.17, 15) is 0 Å². The first-order chi connectivity index (χ1) is 8.35. The Kier molecular flexibility index (Phi) is 2.60. The average Bonchev–Trinajstić information content (AvgIpc) is 3.06. The van der Waals surface area contributed by atoms with E-state index in [0.29, 0.717) is 23.4 Å². The lowest BCUT2D eigenvalue weighted by atomic mass is 10.4. The van der Waals surface area contributed by atoms with Crippen LogP contribution in [0.5, 0.6) is 5.88 Å². The number of nitrogens with zero attached hydrogens (tertiary/aromatic N) is 4. The van der Waals surface area contributed by atoms with Crippen LogP contribution in [0.3, 0.4) is 0 Å². The molecule has 1 N–H and O–H groups in total. The van der Waals surface area contributed by atoms with Crippen LogP contribution < -0.4 is 10.1 Å². The Hall–Kier alpha value is -1.76. The number of methoxy groups -OCH3 is 1. The van der Waals surface area contributed by atoms with Crippen LogP contribution in [0.15, 0.2) is 12.1 Å². The molecule has 0 atom stereocenters. The van der Waals surface area contributed by atoms with Crippen molar-refractivity contribution in [1.82, 2.24) is 19.6 Å². The van der Waals surface area contributed by atoms with Crippen LogP contribution >= 0.6 is 11.5 Å². The van der Waals surface area contributed by atoms with Gasteiger partial charge in [0.1, 0.15) is 5.69 Å². The van der Waals surface area contributed by atoms with Crippen molar-refractivity contribution in [1.29, 1.82) is 0 Å². The SMILES string of the molecule is COc1ccc(-c2nsc(NC3CC3)n2)nn1. The summed E-state index contributed by atoms with van der Waals surface area (Å²) in [6, 6.07) is 4.13. The Morgan fingerprint density at radius 1 is 1.35 bits per heavy atom. The van der Waals surface area contributed by atoms with Crippen LogP contribution in [-0.2, 0) is 0 Å². The summed E-state index contributed by atoms with van der Waals surface area (Å²) < 4.78 is 9.19. The van der Waals surface area contributed by atoms with E-state index in [-0.39, 0.29) is 0 Å². The molecule has 0 bridgehead atoms. The minimum atomic E-state index is 0.486. The van der Waals surface area contributed by atoms with Crippen LogP contribution in [0, 0.1) is 0 Å². The molecule has 6 nitrogen and oxygen atoms in total. The number of rotatable bonds is 4. The number of aromatic nitrogens is 4. The minimum Gasteiger partial charge on any atom is -0.480 e. The van der Waals surface area contributed by atoms with Crippen molar-refractivity contribution in [2.45, 2.75) is 18.9 Å². The van der Waals surface area contributed by atoms with E-state index in [0.717, 1.165) is 5.13 Å². The zero-order valence-corrected chi connectivity index (χ0v) is 10.1. The van der Waals surface area contributed by atoms with E-state index < -0.39 is 0 Å². The quantitative estimate of drug-likeness (QED) is 0.886. The maximum atomic E-state index is 4.95. The second-order valence-corrected chi connectivity index (χ2v) is 4.55. The van der Waals surface area contributed by atoms with Crippen molar-refractivity contribution in [3.63, 3.8) is 0 Å². The highest BCUT2D eigenvalue weighted by Gasteiger charge is 2.22. The standard InChI is InChI=1S/C10H11N5OS/c1-16-8-5-4-7(13-14-8)9-12-10(17-15-9)11-6-2-3-6/h4-6H,2-3H2,1H3,(H,11,12,15). The Morgan fingerprint density at radius 3 is 2.88 bits per heavy atom. The van der Waals surface area contributed by atoms with E-state index in [1.165, 1.54) is 24.4 Å². The number of hydrogen-bond donors (Lipinski definition) is 1. The third-order valence-corrected chi connectivity index (χ3v) is 3.06. The molecule has 0 aliphatic heterocycles. The molecule has 0 unspecified atom stereocenters. The molecule has 1 aliphatic rings. The summed E-state index contributed by atoms with van der Waals surface area (Å²) in [5.74, 6) is 1.09. The largest absolute Gasteiger partial charge is 0.480 e. The van der Waals surface area contributed by atoms with Gasteiger partial charge in [-0.2, -0.15) is 9.36 Å². The van der Waals surface area contributed by atoms with E-state index in [2.05, 4.69) is 24.9 Å². The smallest absolute Gasteiger partial charge is 0.233 e. The fourth-order valence-corrected chi connectivity index (χ4v) is 1.99. The molecule has 2 heterocycles. The van der Waals surface area contributed by atoms with Crippen LogP contribution in [0.2, 0.25) is 0 Å². The number of anilines is 1. The van der Waals surface area contributed by atoms with Gasteiger partial charge < -0.3 is 10.1 Å². The van der Waals surface area contributed by atoms with Crippen molar-refractivity contribution in [3.8, 4) is 17.4 Å². The van der Waals surface area contributed by atoms with Crippen molar-refractivity contribution in [2.24, 2.45) is 0 Å². The highest BCUT2D eigenvalue weighted by molar-refractivity contribution is 7.09. The molecule has 0 saturated heterocycles. The molecule has 2 aromatic heterocycles. The van der Waals surface area contributed by atoms with Gasteiger partial charge >= 0.3 is 0 Å². The third-order valence-electron chi connectivity index (χ3n) is 2.41. The van der Waals surface area contributed by atoms with Gasteiger partial charge in [0.2, 0.25) is 11.0 Å². The molecule has 1 saturated carbocycles. The lowest BCUT2D eigenvalue weighted by Crippen LogP contribution is -1.99. The van der Waals surface area contributed by atoms with Gasteiger partial charge in [0, 0.05) is 23.6 Å². The van der Waals surface area contributed by atoms with Gasteiger partial charge in [0.15, 0.2) is 5.82 Å². The Labute approximate surface area is 102 Å². The van der Waals surface area contributed by atoms with E-state index in [1.807, 2.05) is 0 Å². The van der Waals surface area contributed by atoms with Crippen molar-refractivity contribution in [3.05, 3.63) is 12.1 Å². The van der Waals surface area contributed by atoms with E-state index >= 15 is 0 Å². The predicted molar refractivity (Wildman–Crippen MR) is 64.1 cm³/mol. The molecule has 1 fully saturated rings. The molecule has 3 rings (SSSR count). The van der Waals surface area contributed by atoms with Crippen LogP contribution in [0.1, 0.15) is 12.8 Å². The molecule has 1 aliphatic carbocycles. The minimum absolute atomic E-state index is 0.486. The Balaban J connectivity index is 1.79. The molecule has 7 heteroatoms. The maximum Gasteiger partial charge on any atom is 0.233 e. The lowest BCUT2D eigenvalue weighted by molar-refractivity contribution is 0.392. The van der Waals surface area contributed by atoms with Gasteiger partial charge in [0.05, 0.1) is 7.11 Å². The van der Waals surface area contributed by atoms with Crippen LogP contribution in [0.25, 0.3) is 11.5 Å². The van der Waals surface area contributed by atoms with Gasteiger partial charge in [-0.15, -0.1) is 10.2 Å². The molecule has 0 amide bonds. The summed E-state index contributed by atoms with van der Waals surface area (Å²) in [7, 11) is 1.56. The zero-order chi connectivity index (χ0) is 11.7. The Bertz CT molecular complexity index is 508. The normalized spacial score (nSPS) is 14.6. The summed E-state index contributed by atoms with van der Waals surface area (Å²) in [5.41, 5.74) is 0.658. The number of ether oxygens (including phenoxy) is 1. The zero-order valence-electron chi connectivity index (χ0n) is 9.25. The van der Waals surface area contributed by atoms with Gasteiger partial charge in [-0.1, -0.05) is 0 Å². The fraction of sp³-hybridized carbons (Fsp3) is 0.400. The van der Waals surface area contributed by atoms with Crippen LogP contribution in [-0.4, -0.2) is 32.7 Å². The molecular weight excluding hydrogens is 238 g/mol. The average molecular weight is 249 g/mol. The number of hydrogen-bond acceptors (Lipinski definition) is 7. The third kappa shape index (κ3) is 2.33. The second-order valence-electron chi connectivity index (χ2n) is 3.80. The summed E-state index contributed by atoms with van der Waals surface area (Å²) in [6.45, 7) is 0. The first-order valence-corrected chi connectivity index (χ1v) is 6.11. The highest BCUT2D eigenvalue weighted by atomic mass is 32.1. The van der Waals surface area contributed by atoms with Crippen molar-refractivity contribution < 1.29 is 4.74 Å². The first kappa shape index (κ1) is 10.4. The first-order valence-electron chi connectivity index (χ1n) is 5.33. The molecule has 17 heavy (non-hydrogen) atoms. The predicted octanol–water partition coefficient (Wildman–Crippen LogP) is 1.58. The fourth-order valence-electron chi connectivity index (χ4n) is 1.34. The highest BCUT2D eigenvalue weighted by Crippen LogP contribution is 2.27. The topological polar surface area (TPSA) is 72.8 Å². The van der Waals surface area contributed by atoms with E-state index in [1.54, 1.807) is 19.2 Å². The second kappa shape index (κ2) is 4.25. The summed E-state index contributed by atoms with van der Waals surface area (Å²) >= 11 is 1.35. The van der Waals surface area contributed by atoms with Crippen molar-refractivity contribution >= 4 is 16.7 Å². The summed E-state index contributed by atoms with van der Waals surface area (Å²) in [5, 5.41) is 12.0. The van der Waals surface area contributed by atoms with E-state index in [4.69, 9.17) is 4.74 Å². The van der Waals surface area contributed by atoms with Gasteiger partial charge in [0.25, 0.3) is 0 Å². The van der Waals surface area contributed by atoms with Crippen LogP contribution in [0.4, 0.5) is 5.13 Å². The monoisotopic (exact) mass is 249 g/mol. The maximum absolute atomic E-state index is 4.95. The lowest BCUT2D eigenvalue weighted by Gasteiger charge is -1.97. The Morgan fingerprint density at radius 2 is 2.24 bits per heavy atom. The van der Waals surface area contributed by atoms with Crippen molar-refractivity contribution in [2.75, 3.05) is 12.4 Å².